The summed E-state index contributed by atoms with van der Waals surface area (Å²) in [4.78, 5) is 31.1. The number of anilines is 2. The summed E-state index contributed by atoms with van der Waals surface area (Å²) in [6, 6.07) is 11.3. The zero-order valence-electron chi connectivity index (χ0n) is 16.7. The molecular formula is C22H21FN4O3. The van der Waals surface area contributed by atoms with Crippen molar-refractivity contribution < 1.29 is 18.5 Å². The second kappa shape index (κ2) is 8.06. The molecule has 0 bridgehead atoms. The minimum Gasteiger partial charge on any atom is -0.329 e. The summed E-state index contributed by atoms with van der Waals surface area (Å²) < 4.78 is 18.1. The van der Waals surface area contributed by atoms with Gasteiger partial charge in [0, 0.05) is 17.9 Å². The molecule has 2 aromatic carbocycles. The summed E-state index contributed by atoms with van der Waals surface area (Å²) in [5, 5.41) is 6.49. The van der Waals surface area contributed by atoms with Crippen LogP contribution in [-0.2, 0) is 11.2 Å². The molecule has 2 amide bonds. The monoisotopic (exact) mass is 408 g/mol. The maximum absolute atomic E-state index is 13.1. The molecule has 1 aliphatic rings. The topological polar surface area (TPSA) is 88.3 Å². The first kappa shape index (κ1) is 19.8. The number of aryl methyl sites for hydroxylation is 2. The third-order valence-corrected chi connectivity index (χ3v) is 5.18. The number of amides is 2. The second-order valence-electron chi connectivity index (χ2n) is 7.31. The molecule has 154 valence electrons. The van der Waals surface area contributed by atoms with Gasteiger partial charge in [-0.15, -0.1) is 0 Å². The van der Waals surface area contributed by atoms with Crippen molar-refractivity contribution in [2.75, 3.05) is 16.8 Å². The van der Waals surface area contributed by atoms with Crippen LogP contribution >= 0.6 is 0 Å². The number of carbonyl (C=O) groups is 2. The smallest absolute Gasteiger partial charge is 0.316 e. The van der Waals surface area contributed by atoms with Crippen molar-refractivity contribution in [1.29, 1.82) is 0 Å². The number of nitrogens with one attached hydrogen (secondary N) is 1. The fourth-order valence-corrected chi connectivity index (χ4v) is 3.53. The molecule has 1 N–H and O–H groups in total. The lowest BCUT2D eigenvalue weighted by molar-refractivity contribution is -0.117. The minimum absolute atomic E-state index is 0.0310. The molecule has 0 saturated carbocycles. The Morgan fingerprint density at radius 2 is 1.97 bits per heavy atom. The minimum atomic E-state index is -0.412. The lowest BCUT2D eigenvalue weighted by Crippen LogP contribution is -2.35. The van der Waals surface area contributed by atoms with Gasteiger partial charge in [0.1, 0.15) is 5.82 Å². The van der Waals surface area contributed by atoms with Gasteiger partial charge in [0.15, 0.2) is 5.82 Å². The first-order chi connectivity index (χ1) is 14.4. The van der Waals surface area contributed by atoms with Crippen LogP contribution in [0.5, 0.6) is 0 Å². The number of nitrogens with zero attached hydrogens (tertiary/aromatic N) is 3. The number of carbonyl (C=O) groups excluding carboxylic acids is 2. The lowest BCUT2D eigenvalue weighted by atomic mass is 9.93. The zero-order valence-corrected chi connectivity index (χ0v) is 16.7. The quantitative estimate of drug-likeness (QED) is 0.708. The Morgan fingerprint density at radius 3 is 2.67 bits per heavy atom. The lowest BCUT2D eigenvalue weighted by Gasteiger charge is -2.29. The van der Waals surface area contributed by atoms with Crippen LogP contribution in [0.2, 0.25) is 0 Å². The number of aromatic nitrogens is 2. The maximum atomic E-state index is 13.1. The van der Waals surface area contributed by atoms with Crippen molar-refractivity contribution in [2.45, 2.75) is 32.6 Å². The maximum Gasteiger partial charge on any atom is 0.316 e. The fourth-order valence-electron chi connectivity index (χ4n) is 3.53. The molecule has 30 heavy (non-hydrogen) atoms. The highest BCUT2D eigenvalue weighted by atomic mass is 19.1. The number of rotatable bonds is 4. The number of hydrogen-bond acceptors (Lipinski definition) is 5. The molecule has 1 atom stereocenters. The van der Waals surface area contributed by atoms with Crippen LogP contribution < -0.4 is 10.2 Å². The van der Waals surface area contributed by atoms with Crippen molar-refractivity contribution in [3.8, 4) is 0 Å². The molecule has 0 spiro atoms. The van der Waals surface area contributed by atoms with E-state index in [2.05, 4.69) is 15.5 Å². The Kier molecular flexibility index (Phi) is 5.31. The van der Waals surface area contributed by atoms with Crippen LogP contribution in [0.25, 0.3) is 0 Å². The molecule has 7 nitrogen and oxygen atoms in total. The highest BCUT2D eigenvalue weighted by Gasteiger charge is 2.28. The van der Waals surface area contributed by atoms with Gasteiger partial charge in [0.05, 0.1) is 5.92 Å². The predicted molar refractivity (Wildman–Crippen MR) is 109 cm³/mol. The molecule has 3 aromatic rings. The van der Waals surface area contributed by atoms with Gasteiger partial charge in [-0.1, -0.05) is 17.3 Å². The first-order valence-electron chi connectivity index (χ1n) is 9.74. The van der Waals surface area contributed by atoms with E-state index in [0.717, 1.165) is 29.7 Å². The summed E-state index contributed by atoms with van der Waals surface area (Å²) in [6.07, 6.45) is 1.60. The molecule has 0 radical (unpaired) electrons. The Morgan fingerprint density at radius 1 is 1.20 bits per heavy atom. The van der Waals surface area contributed by atoms with Gasteiger partial charge < -0.3 is 14.7 Å². The summed E-state index contributed by atoms with van der Waals surface area (Å²) in [5.41, 5.74) is 3.16. The Labute approximate surface area is 172 Å². The van der Waals surface area contributed by atoms with Crippen LogP contribution in [0.15, 0.2) is 47.0 Å². The van der Waals surface area contributed by atoms with Crippen LogP contribution in [0, 0.1) is 12.7 Å². The largest absolute Gasteiger partial charge is 0.329 e. The predicted octanol–water partition coefficient (Wildman–Crippen LogP) is 3.85. The van der Waals surface area contributed by atoms with Gasteiger partial charge in [-0.25, -0.2) is 4.39 Å². The van der Waals surface area contributed by atoms with E-state index < -0.39 is 5.92 Å². The third kappa shape index (κ3) is 3.94. The van der Waals surface area contributed by atoms with E-state index in [9.17, 15) is 14.0 Å². The molecule has 0 fully saturated rings. The number of benzene rings is 2. The molecule has 8 heteroatoms. The fraction of sp³-hybridized carbons (Fsp3) is 0.273. The van der Waals surface area contributed by atoms with E-state index in [1.165, 1.54) is 24.3 Å². The number of hydrogen-bond donors (Lipinski definition) is 1. The average Bonchev–Trinajstić information content (AvgIpc) is 3.19. The van der Waals surface area contributed by atoms with Crippen molar-refractivity contribution in [1.82, 2.24) is 10.1 Å². The summed E-state index contributed by atoms with van der Waals surface area (Å²) in [7, 11) is 0. The van der Waals surface area contributed by atoms with Crippen LogP contribution in [0.3, 0.4) is 0 Å². The van der Waals surface area contributed by atoms with E-state index in [1.807, 2.05) is 25.1 Å². The molecule has 1 aliphatic heterocycles. The van der Waals surface area contributed by atoms with E-state index in [1.54, 1.807) is 11.8 Å². The van der Waals surface area contributed by atoms with Gasteiger partial charge in [-0.3, -0.25) is 9.59 Å². The van der Waals surface area contributed by atoms with Gasteiger partial charge in [-0.05, 0) is 68.1 Å². The number of halogens is 1. The molecule has 0 saturated heterocycles. The van der Waals surface area contributed by atoms with Gasteiger partial charge in [-0.2, -0.15) is 4.98 Å². The standard InChI is InChI=1S/C22H21FN4O3/c1-13(20(28)25-18-8-6-17(23)7-9-18)15-5-10-19-16(12-15)4-3-11-27(19)22(29)21-24-14(2)26-30-21/h5-10,12-13H,3-4,11H2,1-2H3,(H,25,28). The highest BCUT2D eigenvalue weighted by molar-refractivity contribution is 6.03. The molecule has 4 rings (SSSR count). The van der Waals surface area contributed by atoms with Gasteiger partial charge >= 0.3 is 11.8 Å². The van der Waals surface area contributed by atoms with Crippen molar-refractivity contribution in [3.05, 3.63) is 71.1 Å². The summed E-state index contributed by atoms with van der Waals surface area (Å²) in [6.45, 7) is 4.04. The van der Waals surface area contributed by atoms with E-state index in [4.69, 9.17) is 4.52 Å². The van der Waals surface area contributed by atoms with Crippen LogP contribution in [0.4, 0.5) is 15.8 Å². The molecule has 1 aromatic heterocycles. The van der Waals surface area contributed by atoms with E-state index in [-0.39, 0.29) is 23.5 Å². The van der Waals surface area contributed by atoms with Crippen LogP contribution in [-0.4, -0.2) is 28.5 Å². The van der Waals surface area contributed by atoms with E-state index >= 15 is 0 Å². The van der Waals surface area contributed by atoms with Crippen molar-refractivity contribution in [3.63, 3.8) is 0 Å². The van der Waals surface area contributed by atoms with E-state index in [0.29, 0.717) is 18.1 Å². The molecular weight excluding hydrogens is 387 g/mol. The average molecular weight is 408 g/mol. The Balaban J connectivity index is 1.53. The zero-order chi connectivity index (χ0) is 21.3. The van der Waals surface area contributed by atoms with Crippen molar-refractivity contribution >= 4 is 23.2 Å². The molecule has 1 unspecified atom stereocenters. The SMILES string of the molecule is Cc1noc(C(=O)N2CCCc3cc(C(C)C(=O)Nc4ccc(F)cc4)ccc32)n1. The highest BCUT2D eigenvalue weighted by Crippen LogP contribution is 2.31. The second-order valence-corrected chi connectivity index (χ2v) is 7.31. The van der Waals surface area contributed by atoms with Gasteiger partial charge in [0.25, 0.3) is 0 Å². The summed E-state index contributed by atoms with van der Waals surface area (Å²) >= 11 is 0. The Bertz CT molecular complexity index is 1090. The Hall–Kier alpha value is -3.55. The third-order valence-electron chi connectivity index (χ3n) is 5.18. The normalized spacial score (nSPS) is 14.2. The van der Waals surface area contributed by atoms with Crippen molar-refractivity contribution in [2.24, 2.45) is 0 Å². The van der Waals surface area contributed by atoms with Crippen LogP contribution in [0.1, 0.15) is 46.9 Å². The molecule has 2 heterocycles. The van der Waals surface area contributed by atoms with Gasteiger partial charge in [0.2, 0.25) is 5.91 Å². The summed E-state index contributed by atoms with van der Waals surface area (Å²) in [5.74, 6) is -0.906. The first-order valence-corrected chi connectivity index (χ1v) is 9.74. The molecule has 0 aliphatic carbocycles. The number of fused-ring (bicyclic) bond motifs is 1.